The van der Waals surface area contributed by atoms with Crippen LogP contribution in [0.5, 0.6) is 17.2 Å². The molecule has 7 nitrogen and oxygen atoms in total. The maximum atomic E-state index is 12.6. The van der Waals surface area contributed by atoms with Gasteiger partial charge in [-0.15, -0.1) is 23.5 Å². The number of benzene rings is 1. The maximum Gasteiger partial charge on any atom is 0.340 e. The molecule has 0 aliphatic heterocycles. The normalized spacial score (nSPS) is 13.3. The van der Waals surface area contributed by atoms with Gasteiger partial charge in [-0.3, -0.25) is 0 Å². The van der Waals surface area contributed by atoms with Crippen LogP contribution in [-0.4, -0.2) is 62.3 Å². The first kappa shape index (κ1) is 25.7. The van der Waals surface area contributed by atoms with Gasteiger partial charge >= 0.3 is 5.97 Å². The molecule has 9 heteroatoms. The van der Waals surface area contributed by atoms with Crippen LogP contribution in [0.25, 0.3) is 0 Å². The lowest BCUT2D eigenvalue weighted by molar-refractivity contribution is 0.0590. The van der Waals surface area contributed by atoms with Gasteiger partial charge in [0.15, 0.2) is 11.5 Å². The van der Waals surface area contributed by atoms with Crippen molar-refractivity contribution in [1.82, 2.24) is 0 Å². The molecule has 0 saturated carbocycles. The molecular weight excluding hydrogens is 416 g/mol. The lowest BCUT2D eigenvalue weighted by atomic mass is 10.1. The fourth-order valence-corrected chi connectivity index (χ4v) is 5.88. The Labute approximate surface area is 180 Å². The second-order valence-electron chi connectivity index (χ2n) is 6.65. The van der Waals surface area contributed by atoms with Crippen LogP contribution in [0.4, 0.5) is 0 Å². The van der Waals surface area contributed by atoms with E-state index < -0.39 is 23.2 Å². The molecule has 0 heterocycles. The molecule has 1 rings (SSSR count). The van der Waals surface area contributed by atoms with Crippen molar-refractivity contribution < 1.29 is 35.1 Å². The van der Waals surface area contributed by atoms with Crippen molar-refractivity contribution in [2.75, 3.05) is 20.3 Å². The molecule has 166 valence electrons. The third kappa shape index (κ3) is 6.87. The zero-order valence-corrected chi connectivity index (χ0v) is 18.8. The van der Waals surface area contributed by atoms with Gasteiger partial charge < -0.3 is 30.3 Å². The van der Waals surface area contributed by atoms with E-state index in [9.17, 15) is 30.3 Å². The summed E-state index contributed by atoms with van der Waals surface area (Å²) in [6.07, 6.45) is 4.05. The Morgan fingerprint density at radius 2 is 1.24 bits per heavy atom. The Kier molecular flexibility index (Phi) is 11.6. The Morgan fingerprint density at radius 1 is 0.828 bits per heavy atom. The summed E-state index contributed by atoms with van der Waals surface area (Å²) in [6, 6.07) is 0. The first-order valence-corrected chi connectivity index (χ1v) is 11.6. The number of phenols is 3. The monoisotopic (exact) mass is 448 g/mol. The van der Waals surface area contributed by atoms with E-state index in [1.807, 2.05) is 13.8 Å². The fourth-order valence-electron chi connectivity index (χ4n) is 2.97. The SMILES string of the molecule is CCC[C@H](CCO)Sc1c(O)c(O)c(O)c(S[C@H](CCC)CCO)c1C(=O)OC. The molecule has 2 atom stereocenters. The van der Waals surface area contributed by atoms with E-state index >= 15 is 0 Å². The quantitative estimate of drug-likeness (QED) is 0.173. The minimum Gasteiger partial charge on any atom is -0.503 e. The number of aliphatic hydroxyl groups is 2. The van der Waals surface area contributed by atoms with E-state index in [0.717, 1.165) is 25.7 Å². The van der Waals surface area contributed by atoms with Gasteiger partial charge in [0.25, 0.3) is 0 Å². The number of esters is 1. The summed E-state index contributed by atoms with van der Waals surface area (Å²) in [5.41, 5.74) is -0.00612. The van der Waals surface area contributed by atoms with Gasteiger partial charge in [-0.25, -0.2) is 4.79 Å². The van der Waals surface area contributed by atoms with Crippen molar-refractivity contribution in [3.63, 3.8) is 0 Å². The topological polar surface area (TPSA) is 127 Å². The van der Waals surface area contributed by atoms with Crippen LogP contribution in [0.3, 0.4) is 0 Å². The zero-order chi connectivity index (χ0) is 22.0. The third-order valence-electron chi connectivity index (χ3n) is 4.41. The average Bonchev–Trinajstić information content (AvgIpc) is 2.70. The number of aromatic hydroxyl groups is 3. The largest absolute Gasteiger partial charge is 0.503 e. The highest BCUT2D eigenvalue weighted by Gasteiger charge is 2.31. The average molecular weight is 449 g/mol. The Hall–Kier alpha value is -1.29. The van der Waals surface area contributed by atoms with Gasteiger partial charge in [0, 0.05) is 23.7 Å². The van der Waals surface area contributed by atoms with Crippen LogP contribution in [-0.2, 0) is 4.74 Å². The van der Waals surface area contributed by atoms with Gasteiger partial charge in [-0.05, 0) is 25.7 Å². The van der Waals surface area contributed by atoms with Gasteiger partial charge in [-0.2, -0.15) is 0 Å². The minimum atomic E-state index is -0.737. The van der Waals surface area contributed by atoms with E-state index in [-0.39, 0.29) is 39.1 Å². The van der Waals surface area contributed by atoms with Gasteiger partial charge in [0.05, 0.1) is 22.5 Å². The van der Waals surface area contributed by atoms with Crippen molar-refractivity contribution in [2.45, 2.75) is 72.7 Å². The van der Waals surface area contributed by atoms with Crippen molar-refractivity contribution in [3.05, 3.63) is 5.56 Å². The number of thioether (sulfide) groups is 2. The van der Waals surface area contributed by atoms with Crippen LogP contribution in [0.15, 0.2) is 9.79 Å². The van der Waals surface area contributed by atoms with E-state index in [4.69, 9.17) is 4.74 Å². The molecule has 5 N–H and O–H groups in total. The molecule has 0 amide bonds. The molecule has 0 spiro atoms. The van der Waals surface area contributed by atoms with Crippen LogP contribution in [0.1, 0.15) is 62.7 Å². The highest BCUT2D eigenvalue weighted by atomic mass is 32.2. The van der Waals surface area contributed by atoms with Crippen molar-refractivity contribution >= 4 is 29.5 Å². The number of hydrogen-bond acceptors (Lipinski definition) is 9. The summed E-state index contributed by atoms with van der Waals surface area (Å²) < 4.78 is 4.90. The number of carbonyl (C=O) groups excluding carboxylic acids is 1. The van der Waals surface area contributed by atoms with E-state index in [0.29, 0.717) is 12.8 Å². The molecular formula is C20H32O7S2. The molecule has 0 fully saturated rings. The molecule has 0 bridgehead atoms. The molecule has 0 unspecified atom stereocenters. The number of phenolic OH excluding ortho intramolecular Hbond substituents is 3. The Bertz CT molecular complexity index is 610. The Balaban J connectivity index is 3.57. The highest BCUT2D eigenvalue weighted by Crippen LogP contribution is 2.53. The molecule has 29 heavy (non-hydrogen) atoms. The fraction of sp³-hybridized carbons (Fsp3) is 0.650. The lowest BCUT2D eigenvalue weighted by Crippen LogP contribution is -2.12. The number of aliphatic hydroxyl groups excluding tert-OH is 2. The van der Waals surface area contributed by atoms with E-state index in [1.54, 1.807) is 0 Å². The molecule has 0 aliphatic carbocycles. The summed E-state index contributed by atoms with van der Waals surface area (Å²) in [5.74, 6) is -2.59. The molecule has 0 saturated heterocycles. The lowest BCUT2D eigenvalue weighted by Gasteiger charge is -2.23. The molecule has 0 radical (unpaired) electrons. The van der Waals surface area contributed by atoms with Crippen molar-refractivity contribution in [1.29, 1.82) is 0 Å². The number of hydrogen-bond donors (Lipinski definition) is 5. The van der Waals surface area contributed by atoms with Crippen molar-refractivity contribution in [2.24, 2.45) is 0 Å². The van der Waals surface area contributed by atoms with Gasteiger partial charge in [0.2, 0.25) is 5.75 Å². The second-order valence-corrected chi connectivity index (χ2v) is 9.27. The third-order valence-corrected chi connectivity index (χ3v) is 7.29. The standard InChI is InChI=1S/C20H32O7S2/c1-4-6-12(8-10-21)28-18-14(20(26)27-3)19(17(25)15(23)16(18)24)29-13(7-5-2)9-11-22/h12-13,21-25H,4-11H2,1-3H3/t12-,13-/m1/s1. The molecule has 0 aromatic heterocycles. The summed E-state index contributed by atoms with van der Waals surface area (Å²) in [4.78, 5) is 12.9. The highest BCUT2D eigenvalue weighted by molar-refractivity contribution is 8.01. The first-order chi connectivity index (χ1) is 13.9. The Morgan fingerprint density at radius 3 is 1.55 bits per heavy atom. The predicted octanol–water partition coefficient (Wildman–Crippen LogP) is 3.88. The smallest absolute Gasteiger partial charge is 0.340 e. The molecule has 0 aliphatic rings. The number of ether oxygens (including phenoxy) is 1. The number of methoxy groups -OCH3 is 1. The predicted molar refractivity (Wildman–Crippen MR) is 115 cm³/mol. The summed E-state index contributed by atoms with van der Waals surface area (Å²) in [5, 5.41) is 49.8. The maximum absolute atomic E-state index is 12.6. The van der Waals surface area contributed by atoms with Gasteiger partial charge in [0.1, 0.15) is 0 Å². The number of carbonyl (C=O) groups is 1. The summed E-state index contributed by atoms with van der Waals surface area (Å²) in [6.45, 7) is 3.89. The first-order valence-electron chi connectivity index (χ1n) is 9.80. The minimum absolute atomic E-state index is 0.00612. The van der Waals surface area contributed by atoms with Crippen molar-refractivity contribution in [3.8, 4) is 17.2 Å². The summed E-state index contributed by atoms with van der Waals surface area (Å²) >= 11 is 2.36. The zero-order valence-electron chi connectivity index (χ0n) is 17.2. The summed E-state index contributed by atoms with van der Waals surface area (Å²) in [7, 11) is 1.21. The van der Waals surface area contributed by atoms with E-state index in [1.165, 1.54) is 30.6 Å². The van der Waals surface area contributed by atoms with Crippen LogP contribution in [0.2, 0.25) is 0 Å². The van der Waals surface area contributed by atoms with E-state index in [2.05, 4.69) is 0 Å². The van der Waals surface area contributed by atoms with Crippen LogP contribution in [0, 0.1) is 0 Å². The molecule has 1 aromatic rings. The van der Waals surface area contributed by atoms with Gasteiger partial charge in [-0.1, -0.05) is 26.7 Å². The molecule has 1 aromatic carbocycles. The number of rotatable bonds is 13. The van der Waals surface area contributed by atoms with Crippen LogP contribution < -0.4 is 0 Å². The second kappa shape index (κ2) is 13.1. The van der Waals surface area contributed by atoms with Crippen LogP contribution >= 0.6 is 23.5 Å².